The first-order chi connectivity index (χ1) is 11.6. The highest BCUT2D eigenvalue weighted by Crippen LogP contribution is 2.17. The van der Waals surface area contributed by atoms with Gasteiger partial charge in [-0.1, -0.05) is 18.2 Å². The van der Waals surface area contributed by atoms with Gasteiger partial charge >= 0.3 is 11.8 Å². The number of anilines is 1. The number of H-pyrrole nitrogens is 1. The monoisotopic (exact) mass is 433 g/mol. The summed E-state index contributed by atoms with van der Waals surface area (Å²) in [6, 6.07) is 15.2. The molecule has 0 aliphatic rings. The van der Waals surface area contributed by atoms with Gasteiger partial charge in [0.1, 0.15) is 0 Å². The van der Waals surface area contributed by atoms with Gasteiger partial charge in [0.25, 0.3) is 0 Å². The maximum Gasteiger partial charge on any atom is 0.313 e. The highest BCUT2D eigenvalue weighted by molar-refractivity contribution is 14.1. The number of para-hydroxylation sites is 1. The highest BCUT2D eigenvalue weighted by Gasteiger charge is 2.13. The Morgan fingerprint density at radius 3 is 2.54 bits per heavy atom. The zero-order chi connectivity index (χ0) is 16.9. The third kappa shape index (κ3) is 3.94. The lowest BCUT2D eigenvalue weighted by Gasteiger charge is -2.06. The maximum atomic E-state index is 11.9. The van der Waals surface area contributed by atoms with Crippen LogP contribution in [0, 0.1) is 3.57 Å². The standard InChI is InChI=1S/C18H16IN3O2/c19-13-5-7-14(8-6-13)22-18(24)17(23)20-10-9-12-11-21-16-4-2-1-3-15(12)16/h1-8,11,21H,9-10H2,(H,20,23)(H,22,24). The van der Waals surface area contributed by atoms with Crippen LogP contribution >= 0.6 is 22.6 Å². The SMILES string of the molecule is O=C(NCCc1c[nH]c2ccccc12)C(=O)Nc1ccc(I)cc1. The fourth-order valence-electron chi connectivity index (χ4n) is 2.45. The summed E-state index contributed by atoms with van der Waals surface area (Å²) in [5, 5.41) is 6.37. The minimum Gasteiger partial charge on any atom is -0.361 e. The van der Waals surface area contributed by atoms with Crippen LogP contribution in [0.15, 0.2) is 54.7 Å². The fourth-order valence-corrected chi connectivity index (χ4v) is 2.81. The van der Waals surface area contributed by atoms with E-state index in [-0.39, 0.29) is 0 Å². The number of benzene rings is 2. The zero-order valence-corrected chi connectivity index (χ0v) is 15.0. The number of aromatic nitrogens is 1. The number of fused-ring (bicyclic) bond motifs is 1. The van der Waals surface area contributed by atoms with E-state index in [1.165, 1.54) is 0 Å². The Morgan fingerprint density at radius 1 is 1.00 bits per heavy atom. The molecule has 6 heteroatoms. The number of halogens is 1. The van der Waals surface area contributed by atoms with Gasteiger partial charge in [-0.25, -0.2) is 0 Å². The molecule has 0 radical (unpaired) electrons. The highest BCUT2D eigenvalue weighted by atomic mass is 127. The van der Waals surface area contributed by atoms with E-state index < -0.39 is 11.8 Å². The molecular formula is C18H16IN3O2. The van der Waals surface area contributed by atoms with Crippen molar-refractivity contribution in [3.63, 3.8) is 0 Å². The summed E-state index contributed by atoms with van der Waals surface area (Å²) < 4.78 is 1.06. The van der Waals surface area contributed by atoms with Crippen LogP contribution in [0.5, 0.6) is 0 Å². The number of hydrogen-bond donors (Lipinski definition) is 3. The lowest BCUT2D eigenvalue weighted by atomic mass is 10.1. The van der Waals surface area contributed by atoms with Crippen molar-refractivity contribution in [2.45, 2.75) is 6.42 Å². The normalized spacial score (nSPS) is 10.5. The van der Waals surface area contributed by atoms with E-state index in [0.29, 0.717) is 18.7 Å². The molecule has 3 aromatic rings. The minimum atomic E-state index is -0.657. The van der Waals surface area contributed by atoms with Crippen LogP contribution in [-0.4, -0.2) is 23.3 Å². The van der Waals surface area contributed by atoms with Crippen molar-refractivity contribution in [2.24, 2.45) is 0 Å². The van der Waals surface area contributed by atoms with E-state index in [9.17, 15) is 9.59 Å². The van der Waals surface area contributed by atoms with Gasteiger partial charge in [0, 0.05) is 32.9 Å². The lowest BCUT2D eigenvalue weighted by Crippen LogP contribution is -2.36. The first kappa shape index (κ1) is 16.5. The Kier molecular flexibility index (Phi) is 5.14. The van der Waals surface area contributed by atoms with Gasteiger partial charge in [-0.2, -0.15) is 0 Å². The number of carbonyl (C=O) groups excluding carboxylic acids is 2. The van der Waals surface area contributed by atoms with E-state index in [4.69, 9.17) is 0 Å². The second-order valence-corrected chi connectivity index (χ2v) is 6.57. The molecule has 1 heterocycles. The summed E-state index contributed by atoms with van der Waals surface area (Å²) in [4.78, 5) is 26.9. The Labute approximate surface area is 153 Å². The van der Waals surface area contributed by atoms with Crippen LogP contribution in [0.1, 0.15) is 5.56 Å². The van der Waals surface area contributed by atoms with E-state index in [2.05, 4.69) is 38.2 Å². The molecule has 3 rings (SSSR count). The predicted octanol–water partition coefficient (Wildman–Crippen LogP) is 3.07. The zero-order valence-electron chi connectivity index (χ0n) is 12.8. The summed E-state index contributed by atoms with van der Waals surface area (Å²) in [6.07, 6.45) is 2.59. The first-order valence-corrected chi connectivity index (χ1v) is 8.61. The molecule has 0 saturated carbocycles. The Morgan fingerprint density at radius 2 is 1.75 bits per heavy atom. The molecule has 0 aliphatic heterocycles. The fraction of sp³-hybridized carbons (Fsp3) is 0.111. The second-order valence-electron chi connectivity index (χ2n) is 5.33. The number of carbonyl (C=O) groups is 2. The maximum absolute atomic E-state index is 11.9. The molecule has 0 fully saturated rings. The quantitative estimate of drug-likeness (QED) is 0.437. The Balaban J connectivity index is 1.51. The van der Waals surface area contributed by atoms with Crippen molar-refractivity contribution in [1.29, 1.82) is 0 Å². The molecule has 0 bridgehead atoms. The van der Waals surface area contributed by atoms with Crippen molar-refractivity contribution in [2.75, 3.05) is 11.9 Å². The molecule has 0 atom stereocenters. The van der Waals surface area contributed by atoms with Crippen molar-refractivity contribution < 1.29 is 9.59 Å². The molecule has 0 aliphatic carbocycles. The molecule has 122 valence electrons. The molecular weight excluding hydrogens is 417 g/mol. The number of nitrogens with one attached hydrogen (secondary N) is 3. The van der Waals surface area contributed by atoms with E-state index in [0.717, 1.165) is 20.0 Å². The third-order valence-electron chi connectivity index (χ3n) is 3.66. The molecule has 24 heavy (non-hydrogen) atoms. The Hall–Kier alpha value is -2.35. The molecule has 3 N–H and O–H groups in total. The average Bonchev–Trinajstić information content (AvgIpc) is 3.00. The summed E-state index contributed by atoms with van der Waals surface area (Å²) >= 11 is 2.18. The number of amides is 2. The van der Waals surface area contributed by atoms with Crippen molar-refractivity contribution >= 4 is 51.0 Å². The molecule has 0 saturated heterocycles. The largest absolute Gasteiger partial charge is 0.361 e. The lowest BCUT2D eigenvalue weighted by molar-refractivity contribution is -0.136. The summed E-state index contributed by atoms with van der Waals surface area (Å²) in [5.41, 5.74) is 2.78. The molecule has 0 unspecified atom stereocenters. The number of aromatic amines is 1. The van der Waals surface area contributed by atoms with Crippen LogP contribution in [-0.2, 0) is 16.0 Å². The molecule has 5 nitrogen and oxygen atoms in total. The van der Waals surface area contributed by atoms with Gasteiger partial charge in [0.05, 0.1) is 0 Å². The van der Waals surface area contributed by atoms with Crippen LogP contribution in [0.4, 0.5) is 5.69 Å². The third-order valence-corrected chi connectivity index (χ3v) is 4.38. The Bertz CT molecular complexity index is 871. The minimum absolute atomic E-state index is 0.404. The first-order valence-electron chi connectivity index (χ1n) is 7.53. The molecule has 2 amide bonds. The summed E-state index contributed by atoms with van der Waals surface area (Å²) in [7, 11) is 0. The van der Waals surface area contributed by atoms with Crippen LogP contribution in [0.3, 0.4) is 0 Å². The van der Waals surface area contributed by atoms with Crippen LogP contribution in [0.25, 0.3) is 10.9 Å². The number of rotatable bonds is 4. The van der Waals surface area contributed by atoms with Gasteiger partial charge in [-0.3, -0.25) is 9.59 Å². The smallest absolute Gasteiger partial charge is 0.313 e. The van der Waals surface area contributed by atoms with E-state index >= 15 is 0 Å². The van der Waals surface area contributed by atoms with Crippen molar-refractivity contribution in [1.82, 2.24) is 10.3 Å². The van der Waals surface area contributed by atoms with Crippen LogP contribution in [0.2, 0.25) is 0 Å². The topological polar surface area (TPSA) is 74.0 Å². The predicted molar refractivity (Wildman–Crippen MR) is 103 cm³/mol. The molecule has 2 aromatic carbocycles. The van der Waals surface area contributed by atoms with Gasteiger partial charge in [-0.15, -0.1) is 0 Å². The summed E-state index contributed by atoms with van der Waals surface area (Å²) in [6.45, 7) is 0.404. The van der Waals surface area contributed by atoms with Gasteiger partial charge < -0.3 is 15.6 Å². The molecule has 0 spiro atoms. The van der Waals surface area contributed by atoms with Crippen molar-refractivity contribution in [3.8, 4) is 0 Å². The molecule has 1 aromatic heterocycles. The van der Waals surface area contributed by atoms with E-state index in [1.54, 1.807) is 12.1 Å². The van der Waals surface area contributed by atoms with Crippen molar-refractivity contribution in [3.05, 3.63) is 63.9 Å². The van der Waals surface area contributed by atoms with Gasteiger partial charge in [0.15, 0.2) is 0 Å². The summed E-state index contributed by atoms with van der Waals surface area (Å²) in [5.74, 6) is -1.29. The van der Waals surface area contributed by atoms with Gasteiger partial charge in [-0.05, 0) is 64.9 Å². The van der Waals surface area contributed by atoms with Crippen LogP contribution < -0.4 is 10.6 Å². The average molecular weight is 433 g/mol. The number of hydrogen-bond acceptors (Lipinski definition) is 2. The second kappa shape index (κ2) is 7.48. The van der Waals surface area contributed by atoms with Gasteiger partial charge in [0.2, 0.25) is 0 Å². The van der Waals surface area contributed by atoms with E-state index in [1.807, 2.05) is 42.6 Å².